The van der Waals surface area contributed by atoms with Crippen LogP contribution in [-0.4, -0.2) is 43.9 Å². The second-order valence-corrected chi connectivity index (χ2v) is 9.74. The van der Waals surface area contributed by atoms with Gasteiger partial charge in [-0.1, -0.05) is 23.7 Å². The number of sulfonamides is 1. The number of hydrogen-bond donors (Lipinski definition) is 1. The Bertz CT molecular complexity index is 1030. The molecular formula is C21H25ClN2O4S. The van der Waals surface area contributed by atoms with E-state index in [4.69, 9.17) is 16.3 Å². The first-order valence-electron chi connectivity index (χ1n) is 9.42. The van der Waals surface area contributed by atoms with Gasteiger partial charge in [0.25, 0.3) is 5.91 Å². The average molecular weight is 437 g/mol. The van der Waals surface area contributed by atoms with Crippen molar-refractivity contribution < 1.29 is 17.9 Å². The third-order valence-corrected chi connectivity index (χ3v) is 7.36. The monoisotopic (exact) mass is 436 g/mol. The molecule has 0 aromatic heterocycles. The summed E-state index contributed by atoms with van der Waals surface area (Å²) in [6.07, 6.45) is -0.439. The molecule has 1 fully saturated rings. The van der Waals surface area contributed by atoms with Crippen LogP contribution in [0.1, 0.15) is 35.3 Å². The van der Waals surface area contributed by atoms with Gasteiger partial charge in [-0.25, -0.2) is 8.42 Å². The second kappa shape index (κ2) is 8.44. The lowest BCUT2D eigenvalue weighted by Gasteiger charge is -2.34. The zero-order valence-electron chi connectivity index (χ0n) is 16.9. The molecule has 8 heteroatoms. The quantitative estimate of drug-likeness (QED) is 0.785. The molecule has 1 aliphatic rings. The van der Waals surface area contributed by atoms with Gasteiger partial charge in [0.2, 0.25) is 10.0 Å². The SMILES string of the molecule is Cc1cccc(NC(=O)c2ccc(Cl)c(S(=O)(=O)N3C[C@@H](C)O[C@@H](C)C3)c2)c1C. The molecule has 0 bridgehead atoms. The van der Waals surface area contributed by atoms with Gasteiger partial charge >= 0.3 is 0 Å². The number of hydrogen-bond acceptors (Lipinski definition) is 4. The normalized spacial score (nSPS) is 20.4. The van der Waals surface area contributed by atoms with Gasteiger partial charge in [0.1, 0.15) is 4.90 Å². The predicted octanol–water partition coefficient (Wildman–Crippen LogP) is 4.01. The number of nitrogens with zero attached hydrogens (tertiary/aromatic N) is 1. The van der Waals surface area contributed by atoms with Crippen molar-refractivity contribution in [3.05, 3.63) is 58.1 Å². The van der Waals surface area contributed by atoms with Crippen molar-refractivity contribution in [3.8, 4) is 0 Å². The number of ether oxygens (including phenoxy) is 1. The minimum atomic E-state index is -3.86. The van der Waals surface area contributed by atoms with Crippen LogP contribution in [0.3, 0.4) is 0 Å². The van der Waals surface area contributed by atoms with Gasteiger partial charge in [0.15, 0.2) is 0 Å². The summed E-state index contributed by atoms with van der Waals surface area (Å²) in [5.41, 5.74) is 2.92. The number of rotatable bonds is 4. The molecule has 156 valence electrons. The summed E-state index contributed by atoms with van der Waals surface area (Å²) < 4.78 is 33.4. The molecule has 2 aromatic rings. The second-order valence-electron chi connectivity index (χ2n) is 7.43. The van der Waals surface area contributed by atoms with Crippen molar-refractivity contribution in [2.24, 2.45) is 0 Å². The van der Waals surface area contributed by atoms with Crippen LogP contribution in [0.4, 0.5) is 5.69 Å². The standard InChI is InChI=1S/C21H25ClN2O4S/c1-13-6-5-7-19(16(13)4)23-21(25)17-8-9-18(22)20(10-17)29(26,27)24-11-14(2)28-15(3)12-24/h5-10,14-15H,11-12H2,1-4H3,(H,23,25)/t14-,15+. The summed E-state index contributed by atoms with van der Waals surface area (Å²) in [7, 11) is -3.86. The zero-order chi connectivity index (χ0) is 21.3. The minimum absolute atomic E-state index is 0.0749. The first kappa shape index (κ1) is 21.8. The van der Waals surface area contributed by atoms with Crippen LogP contribution in [-0.2, 0) is 14.8 Å². The summed E-state index contributed by atoms with van der Waals surface area (Å²) in [6, 6.07) is 9.93. The van der Waals surface area contributed by atoms with E-state index in [1.165, 1.54) is 22.5 Å². The highest BCUT2D eigenvalue weighted by Crippen LogP contribution is 2.28. The van der Waals surface area contributed by atoms with Crippen molar-refractivity contribution in [2.75, 3.05) is 18.4 Å². The van der Waals surface area contributed by atoms with E-state index in [1.54, 1.807) is 0 Å². The van der Waals surface area contributed by atoms with Gasteiger partial charge in [0.05, 0.1) is 17.2 Å². The Morgan fingerprint density at radius 1 is 1.14 bits per heavy atom. The molecule has 29 heavy (non-hydrogen) atoms. The summed E-state index contributed by atoms with van der Waals surface area (Å²) in [6.45, 7) is 8.01. The molecule has 6 nitrogen and oxygen atoms in total. The summed E-state index contributed by atoms with van der Waals surface area (Å²) >= 11 is 6.21. The number of carbonyl (C=O) groups excluding carboxylic acids is 1. The first-order chi connectivity index (χ1) is 13.6. The Morgan fingerprint density at radius 2 is 1.79 bits per heavy atom. The summed E-state index contributed by atoms with van der Waals surface area (Å²) in [5, 5.41) is 2.93. The van der Waals surface area contributed by atoms with Crippen molar-refractivity contribution in [2.45, 2.75) is 44.8 Å². The highest BCUT2D eigenvalue weighted by Gasteiger charge is 2.33. The molecule has 1 amide bonds. The number of amides is 1. The molecule has 2 atom stereocenters. The van der Waals surface area contributed by atoms with Crippen LogP contribution in [0.15, 0.2) is 41.3 Å². The van der Waals surface area contributed by atoms with Crippen LogP contribution in [0.25, 0.3) is 0 Å². The number of halogens is 1. The zero-order valence-corrected chi connectivity index (χ0v) is 18.5. The molecule has 0 aliphatic carbocycles. The van der Waals surface area contributed by atoms with E-state index >= 15 is 0 Å². The fourth-order valence-corrected chi connectivity index (χ4v) is 5.48. The summed E-state index contributed by atoms with van der Waals surface area (Å²) in [5.74, 6) is -0.393. The Balaban J connectivity index is 1.91. The lowest BCUT2D eigenvalue weighted by Crippen LogP contribution is -2.48. The fraction of sp³-hybridized carbons (Fsp3) is 0.381. The molecular weight excluding hydrogens is 412 g/mol. The van der Waals surface area contributed by atoms with Gasteiger partial charge in [-0.15, -0.1) is 0 Å². The lowest BCUT2D eigenvalue weighted by molar-refractivity contribution is -0.0440. The first-order valence-corrected chi connectivity index (χ1v) is 11.2. The minimum Gasteiger partial charge on any atom is -0.373 e. The van der Waals surface area contributed by atoms with Gasteiger partial charge in [0, 0.05) is 24.3 Å². The van der Waals surface area contributed by atoms with Gasteiger partial charge in [-0.05, 0) is 63.1 Å². The van der Waals surface area contributed by atoms with Crippen molar-refractivity contribution in [3.63, 3.8) is 0 Å². The van der Waals surface area contributed by atoms with Crippen molar-refractivity contribution in [1.82, 2.24) is 4.31 Å². The van der Waals surface area contributed by atoms with Gasteiger partial charge < -0.3 is 10.1 Å². The maximum atomic E-state index is 13.2. The number of nitrogens with one attached hydrogen (secondary N) is 1. The van der Waals surface area contributed by atoms with E-state index in [1.807, 2.05) is 45.9 Å². The highest BCUT2D eigenvalue weighted by atomic mass is 35.5. The number of anilines is 1. The Labute approximate surface area is 176 Å². The molecule has 1 aliphatic heterocycles. The van der Waals surface area contributed by atoms with E-state index in [-0.39, 0.29) is 40.8 Å². The largest absolute Gasteiger partial charge is 0.373 e. The van der Waals surface area contributed by atoms with Crippen LogP contribution < -0.4 is 5.32 Å². The van der Waals surface area contributed by atoms with Crippen LogP contribution in [0.5, 0.6) is 0 Å². The maximum Gasteiger partial charge on any atom is 0.255 e. The van der Waals surface area contributed by atoms with Crippen LogP contribution in [0.2, 0.25) is 5.02 Å². The molecule has 0 spiro atoms. The van der Waals surface area contributed by atoms with Gasteiger partial charge in [-0.3, -0.25) is 4.79 Å². The van der Waals surface area contributed by atoms with E-state index in [2.05, 4.69) is 5.32 Å². The molecule has 0 unspecified atom stereocenters. The highest BCUT2D eigenvalue weighted by molar-refractivity contribution is 7.89. The Kier molecular flexibility index (Phi) is 6.33. The average Bonchev–Trinajstić information content (AvgIpc) is 2.64. The summed E-state index contributed by atoms with van der Waals surface area (Å²) in [4.78, 5) is 12.7. The molecule has 0 radical (unpaired) electrons. The Morgan fingerprint density at radius 3 is 2.45 bits per heavy atom. The smallest absolute Gasteiger partial charge is 0.255 e. The number of aryl methyl sites for hydroxylation is 1. The molecule has 2 aromatic carbocycles. The third kappa shape index (κ3) is 4.64. The number of morpholine rings is 1. The van der Waals surface area contributed by atoms with E-state index < -0.39 is 15.9 Å². The number of benzene rings is 2. The van der Waals surface area contributed by atoms with E-state index in [9.17, 15) is 13.2 Å². The number of carbonyl (C=O) groups is 1. The van der Waals surface area contributed by atoms with Crippen LogP contribution in [0, 0.1) is 13.8 Å². The maximum absolute atomic E-state index is 13.2. The third-order valence-electron chi connectivity index (χ3n) is 5.05. The molecule has 1 saturated heterocycles. The van der Waals surface area contributed by atoms with Crippen LogP contribution >= 0.6 is 11.6 Å². The molecule has 1 N–H and O–H groups in total. The van der Waals surface area contributed by atoms with E-state index in [0.29, 0.717) is 5.69 Å². The fourth-order valence-electron chi connectivity index (χ4n) is 3.39. The lowest BCUT2D eigenvalue weighted by atomic mass is 10.1. The predicted molar refractivity (Wildman–Crippen MR) is 114 cm³/mol. The molecule has 1 heterocycles. The van der Waals surface area contributed by atoms with Crippen molar-refractivity contribution >= 4 is 33.2 Å². The Hall–Kier alpha value is -1.93. The van der Waals surface area contributed by atoms with E-state index in [0.717, 1.165) is 11.1 Å². The molecule has 0 saturated carbocycles. The molecule has 3 rings (SSSR count). The van der Waals surface area contributed by atoms with Gasteiger partial charge in [-0.2, -0.15) is 4.31 Å². The topological polar surface area (TPSA) is 75.7 Å². The van der Waals surface area contributed by atoms with Crippen molar-refractivity contribution in [1.29, 1.82) is 0 Å².